The first kappa shape index (κ1) is 30.5. The summed E-state index contributed by atoms with van der Waals surface area (Å²) >= 11 is 6.46. The van der Waals surface area contributed by atoms with Crippen LogP contribution in [-0.2, 0) is 23.3 Å². The van der Waals surface area contributed by atoms with Crippen LogP contribution < -0.4 is 16.5 Å². The molecule has 0 bridgehead atoms. The zero-order valence-corrected chi connectivity index (χ0v) is 24.6. The van der Waals surface area contributed by atoms with Gasteiger partial charge in [0.15, 0.2) is 0 Å². The van der Waals surface area contributed by atoms with Crippen LogP contribution in [0.25, 0.3) is 11.3 Å². The molecule has 0 unspecified atom stereocenters. The van der Waals surface area contributed by atoms with Gasteiger partial charge in [-0.1, -0.05) is 54.1 Å². The van der Waals surface area contributed by atoms with Crippen LogP contribution in [0.4, 0.5) is 0 Å². The lowest BCUT2D eigenvalue weighted by atomic mass is 9.94. The molecule has 0 fully saturated rings. The molecule has 0 aliphatic carbocycles. The van der Waals surface area contributed by atoms with E-state index in [1.807, 2.05) is 30.3 Å². The van der Waals surface area contributed by atoms with Gasteiger partial charge in [0.1, 0.15) is 11.5 Å². The number of nitrogens with zero attached hydrogens (tertiary/aromatic N) is 2. The van der Waals surface area contributed by atoms with E-state index in [1.165, 1.54) is 7.05 Å². The number of nitrogens with one attached hydrogen (secondary N) is 2. The van der Waals surface area contributed by atoms with Gasteiger partial charge >= 0.3 is 0 Å². The van der Waals surface area contributed by atoms with Gasteiger partial charge in [-0.15, -0.1) is 0 Å². The molecule has 42 heavy (non-hydrogen) atoms. The van der Waals surface area contributed by atoms with Crippen molar-refractivity contribution in [3.8, 4) is 17.4 Å². The average Bonchev–Trinajstić information content (AvgIpc) is 3.49. The van der Waals surface area contributed by atoms with Crippen molar-refractivity contribution in [3.05, 3.63) is 118 Å². The molecule has 0 aliphatic heterocycles. The third-order valence-electron chi connectivity index (χ3n) is 7.23. The number of hydrogen-bond donors (Lipinski definition) is 3. The van der Waals surface area contributed by atoms with Crippen molar-refractivity contribution >= 4 is 23.4 Å². The van der Waals surface area contributed by atoms with Crippen molar-refractivity contribution in [2.45, 2.75) is 44.8 Å². The van der Waals surface area contributed by atoms with Crippen LogP contribution in [0.3, 0.4) is 0 Å². The molecule has 0 spiro atoms. The van der Waals surface area contributed by atoms with Crippen LogP contribution >= 0.6 is 11.6 Å². The summed E-state index contributed by atoms with van der Waals surface area (Å²) in [5.74, 6) is 6.89. The van der Waals surface area contributed by atoms with Crippen molar-refractivity contribution in [2.75, 3.05) is 7.05 Å². The number of nitrogens with two attached hydrogens (primary N) is 1. The van der Waals surface area contributed by atoms with Gasteiger partial charge in [0, 0.05) is 24.6 Å². The molecule has 216 valence electrons. The minimum Gasteiger partial charge on any atom is -0.460 e. The van der Waals surface area contributed by atoms with Crippen molar-refractivity contribution < 1.29 is 14.0 Å². The lowest BCUT2D eigenvalue weighted by Gasteiger charge is -2.28. The highest BCUT2D eigenvalue weighted by atomic mass is 35.5. The molecule has 0 aliphatic rings. The van der Waals surface area contributed by atoms with Crippen LogP contribution in [-0.4, -0.2) is 29.9 Å². The molecule has 1 atom stereocenters. The number of hydrazine groups is 1. The first-order chi connectivity index (χ1) is 20.1. The number of halogens is 1. The van der Waals surface area contributed by atoms with Gasteiger partial charge in [0.25, 0.3) is 5.91 Å². The van der Waals surface area contributed by atoms with E-state index in [2.05, 4.69) is 42.7 Å². The fraction of sp³-hybridized carbons (Fsp3) is 0.242. The molecular formula is C33H34ClN5O3. The Kier molecular flexibility index (Phi) is 9.81. The normalized spacial score (nSPS) is 11.9. The van der Waals surface area contributed by atoms with E-state index in [-0.39, 0.29) is 28.5 Å². The Hall–Kier alpha value is -4.42. The summed E-state index contributed by atoms with van der Waals surface area (Å²) in [6, 6.07) is 27.3. The molecule has 1 aromatic heterocycles. The van der Waals surface area contributed by atoms with Crippen LogP contribution in [0, 0.1) is 11.3 Å². The van der Waals surface area contributed by atoms with Gasteiger partial charge in [-0.3, -0.25) is 14.6 Å². The SMILES string of the molecule is CNC(=O)C[C@@H](Cc1ccc(C#N)cc1)N(N)C(=O)c1cc(-c2ccc(CNC(C)(C)c3ccccc3)o2)ccc1Cl. The van der Waals surface area contributed by atoms with E-state index in [0.717, 1.165) is 21.9 Å². The standard InChI is InChI=1S/C33H34ClN5O3/c1-33(2,25-7-5-4-6-8-25)38-21-27-14-16-30(42-27)24-13-15-29(34)28(18-24)32(41)39(36)26(19-31(40)37-3)17-22-9-11-23(20-35)12-10-22/h4-16,18,26,38H,17,19,21,36H2,1-3H3,(H,37,40)/t26-/m1/s1. The van der Waals surface area contributed by atoms with E-state index < -0.39 is 11.9 Å². The van der Waals surface area contributed by atoms with Crippen molar-refractivity contribution in [3.63, 3.8) is 0 Å². The third-order valence-corrected chi connectivity index (χ3v) is 7.55. The summed E-state index contributed by atoms with van der Waals surface area (Å²) in [6.45, 7) is 4.73. The zero-order chi connectivity index (χ0) is 30.3. The molecule has 2 amide bonds. The summed E-state index contributed by atoms with van der Waals surface area (Å²) in [4.78, 5) is 25.9. The molecule has 0 radical (unpaired) electrons. The Bertz CT molecular complexity index is 1580. The number of furan rings is 1. The highest BCUT2D eigenvalue weighted by molar-refractivity contribution is 6.34. The predicted molar refractivity (Wildman–Crippen MR) is 163 cm³/mol. The Morgan fingerprint density at radius 2 is 1.76 bits per heavy atom. The molecule has 1 heterocycles. The number of hydrogen-bond acceptors (Lipinski definition) is 6. The van der Waals surface area contributed by atoms with Crippen LogP contribution in [0.5, 0.6) is 0 Å². The van der Waals surface area contributed by atoms with Gasteiger partial charge in [-0.05, 0) is 73.9 Å². The first-order valence-corrected chi connectivity index (χ1v) is 14.0. The smallest absolute Gasteiger partial charge is 0.269 e. The second kappa shape index (κ2) is 13.5. The highest BCUT2D eigenvalue weighted by Crippen LogP contribution is 2.29. The summed E-state index contributed by atoms with van der Waals surface area (Å²) in [5, 5.41) is 16.5. The van der Waals surface area contributed by atoms with Gasteiger partial charge < -0.3 is 15.1 Å². The largest absolute Gasteiger partial charge is 0.460 e. The fourth-order valence-corrected chi connectivity index (χ4v) is 4.81. The zero-order valence-electron chi connectivity index (χ0n) is 23.9. The average molecular weight is 584 g/mol. The van der Waals surface area contributed by atoms with Crippen LogP contribution in [0.15, 0.2) is 89.3 Å². The third kappa shape index (κ3) is 7.45. The van der Waals surface area contributed by atoms with Gasteiger partial charge in [-0.2, -0.15) is 5.26 Å². The second-order valence-electron chi connectivity index (χ2n) is 10.6. The Morgan fingerprint density at radius 3 is 2.43 bits per heavy atom. The maximum absolute atomic E-state index is 13.6. The maximum atomic E-state index is 13.6. The van der Waals surface area contributed by atoms with Crippen LogP contribution in [0.2, 0.25) is 5.02 Å². The predicted octanol–water partition coefficient (Wildman–Crippen LogP) is 5.56. The Balaban J connectivity index is 1.52. The van der Waals surface area contributed by atoms with E-state index in [4.69, 9.17) is 27.1 Å². The minimum absolute atomic E-state index is 0.01000. The van der Waals surface area contributed by atoms with E-state index >= 15 is 0 Å². The number of benzene rings is 3. The number of amides is 2. The molecule has 3 aromatic carbocycles. The Morgan fingerprint density at radius 1 is 1.05 bits per heavy atom. The minimum atomic E-state index is -0.653. The molecule has 0 saturated carbocycles. The second-order valence-corrected chi connectivity index (χ2v) is 11.0. The molecule has 0 saturated heterocycles. The van der Waals surface area contributed by atoms with Crippen LogP contribution in [0.1, 0.15) is 53.1 Å². The monoisotopic (exact) mass is 583 g/mol. The van der Waals surface area contributed by atoms with Crippen molar-refractivity contribution in [2.24, 2.45) is 5.84 Å². The van der Waals surface area contributed by atoms with E-state index in [9.17, 15) is 9.59 Å². The molecule has 9 heteroatoms. The van der Waals surface area contributed by atoms with E-state index in [1.54, 1.807) is 42.5 Å². The van der Waals surface area contributed by atoms with Gasteiger partial charge in [0.2, 0.25) is 5.91 Å². The first-order valence-electron chi connectivity index (χ1n) is 13.6. The molecular weight excluding hydrogens is 550 g/mol. The maximum Gasteiger partial charge on any atom is 0.269 e. The Labute approximate surface area is 251 Å². The molecule has 4 N–H and O–H groups in total. The number of rotatable bonds is 11. The fourth-order valence-electron chi connectivity index (χ4n) is 4.61. The number of nitriles is 1. The van der Waals surface area contributed by atoms with E-state index in [0.29, 0.717) is 29.9 Å². The summed E-state index contributed by atoms with van der Waals surface area (Å²) in [7, 11) is 1.53. The van der Waals surface area contributed by atoms with Crippen molar-refractivity contribution in [1.29, 1.82) is 5.26 Å². The molecule has 8 nitrogen and oxygen atoms in total. The quantitative estimate of drug-likeness (QED) is 0.121. The topological polar surface area (TPSA) is 124 Å². The van der Waals surface area contributed by atoms with Crippen molar-refractivity contribution in [1.82, 2.24) is 15.6 Å². The number of carbonyl (C=O) groups excluding carboxylic acids is 2. The summed E-state index contributed by atoms with van der Waals surface area (Å²) in [6.07, 6.45) is 0.302. The van der Waals surface area contributed by atoms with Gasteiger partial charge in [0.05, 0.1) is 34.8 Å². The summed E-state index contributed by atoms with van der Waals surface area (Å²) < 4.78 is 6.11. The molecule has 4 aromatic rings. The lowest BCUT2D eigenvalue weighted by Crippen LogP contribution is -2.48. The highest BCUT2D eigenvalue weighted by Gasteiger charge is 2.27. The van der Waals surface area contributed by atoms with Gasteiger partial charge in [-0.25, -0.2) is 5.84 Å². The number of carbonyl (C=O) groups is 2. The summed E-state index contributed by atoms with van der Waals surface area (Å²) in [5.41, 5.74) is 3.11. The molecule has 4 rings (SSSR count). The lowest BCUT2D eigenvalue weighted by molar-refractivity contribution is -0.121.